The van der Waals surface area contributed by atoms with Crippen molar-refractivity contribution in [3.05, 3.63) is 11.9 Å². The molecule has 0 aliphatic rings. The van der Waals surface area contributed by atoms with Crippen LogP contribution in [-0.4, -0.2) is 35.6 Å². The van der Waals surface area contributed by atoms with Crippen molar-refractivity contribution < 1.29 is 9.84 Å². The largest absolute Gasteiger partial charge is 0.493 e. The van der Waals surface area contributed by atoms with Gasteiger partial charge in [-0.15, -0.1) is 0 Å². The van der Waals surface area contributed by atoms with E-state index in [0.29, 0.717) is 18.0 Å². The second-order valence-electron chi connectivity index (χ2n) is 2.80. The molecule has 0 spiro atoms. The fourth-order valence-electron chi connectivity index (χ4n) is 1.25. The molecule has 1 heterocycles. The summed E-state index contributed by atoms with van der Waals surface area (Å²) in [4.78, 5) is 0. The summed E-state index contributed by atoms with van der Waals surface area (Å²) >= 11 is 0. The van der Waals surface area contributed by atoms with E-state index in [4.69, 9.17) is 4.74 Å². The lowest BCUT2D eigenvalue weighted by Crippen LogP contribution is -2.19. The number of aryl methyl sites for hydroxylation is 1. The van der Waals surface area contributed by atoms with Crippen molar-refractivity contribution in [2.24, 2.45) is 7.05 Å². The van der Waals surface area contributed by atoms with E-state index in [9.17, 15) is 5.11 Å². The molecular formula is C8H15N3O2. The SMILES string of the molecule is CNCC(O)c1c(OC)cnn1C. The first-order valence-electron chi connectivity index (χ1n) is 4.09. The van der Waals surface area contributed by atoms with Crippen LogP contribution in [0.4, 0.5) is 0 Å². The number of hydrogen-bond donors (Lipinski definition) is 2. The van der Waals surface area contributed by atoms with E-state index in [2.05, 4.69) is 10.4 Å². The molecule has 0 aromatic carbocycles. The van der Waals surface area contributed by atoms with E-state index >= 15 is 0 Å². The van der Waals surface area contributed by atoms with Gasteiger partial charge in [0.2, 0.25) is 0 Å². The highest BCUT2D eigenvalue weighted by atomic mass is 16.5. The summed E-state index contributed by atoms with van der Waals surface area (Å²) in [5.41, 5.74) is 0.692. The number of nitrogens with one attached hydrogen (secondary N) is 1. The van der Waals surface area contributed by atoms with Gasteiger partial charge >= 0.3 is 0 Å². The van der Waals surface area contributed by atoms with Gasteiger partial charge in [-0.05, 0) is 7.05 Å². The molecule has 0 bridgehead atoms. The summed E-state index contributed by atoms with van der Waals surface area (Å²) in [6.45, 7) is 0.482. The monoisotopic (exact) mass is 185 g/mol. The van der Waals surface area contributed by atoms with Gasteiger partial charge in [-0.25, -0.2) is 0 Å². The third kappa shape index (κ3) is 1.99. The predicted octanol–water partition coefficient (Wildman–Crippen LogP) is -0.319. The minimum Gasteiger partial charge on any atom is -0.493 e. The number of aromatic nitrogens is 2. The molecule has 1 atom stereocenters. The van der Waals surface area contributed by atoms with Crippen LogP contribution in [0.3, 0.4) is 0 Å². The van der Waals surface area contributed by atoms with Crippen molar-refractivity contribution in [2.75, 3.05) is 20.7 Å². The van der Waals surface area contributed by atoms with Gasteiger partial charge < -0.3 is 15.2 Å². The quantitative estimate of drug-likeness (QED) is 0.675. The van der Waals surface area contributed by atoms with E-state index in [-0.39, 0.29) is 0 Å². The van der Waals surface area contributed by atoms with Crippen molar-refractivity contribution in [1.82, 2.24) is 15.1 Å². The van der Waals surface area contributed by atoms with Gasteiger partial charge in [0.25, 0.3) is 0 Å². The fraction of sp³-hybridized carbons (Fsp3) is 0.625. The van der Waals surface area contributed by atoms with Crippen LogP contribution in [-0.2, 0) is 7.05 Å². The first kappa shape index (κ1) is 10.0. The third-order valence-electron chi connectivity index (χ3n) is 1.88. The zero-order chi connectivity index (χ0) is 9.84. The Morgan fingerprint density at radius 3 is 3.00 bits per heavy atom. The van der Waals surface area contributed by atoms with Gasteiger partial charge in [-0.1, -0.05) is 0 Å². The molecule has 13 heavy (non-hydrogen) atoms. The number of hydrogen-bond acceptors (Lipinski definition) is 4. The summed E-state index contributed by atoms with van der Waals surface area (Å²) < 4.78 is 6.67. The maximum absolute atomic E-state index is 9.70. The highest BCUT2D eigenvalue weighted by molar-refractivity contribution is 5.27. The highest BCUT2D eigenvalue weighted by Gasteiger charge is 2.16. The fourth-order valence-corrected chi connectivity index (χ4v) is 1.25. The standard InChI is InChI=1S/C8H15N3O2/c1-9-4-6(12)8-7(13-3)5-10-11(8)2/h5-6,9,12H,4H2,1-3H3. The average molecular weight is 185 g/mol. The van der Waals surface area contributed by atoms with Crippen molar-refractivity contribution >= 4 is 0 Å². The van der Waals surface area contributed by atoms with E-state index in [1.807, 2.05) is 0 Å². The van der Waals surface area contributed by atoms with Crippen LogP contribution in [0.25, 0.3) is 0 Å². The van der Waals surface area contributed by atoms with Crippen LogP contribution in [0, 0.1) is 0 Å². The molecule has 0 fully saturated rings. The Bertz CT molecular complexity index is 272. The molecule has 1 aromatic heterocycles. The van der Waals surface area contributed by atoms with Crippen molar-refractivity contribution in [1.29, 1.82) is 0 Å². The second kappa shape index (κ2) is 4.25. The van der Waals surface area contributed by atoms with Crippen LogP contribution in [0.2, 0.25) is 0 Å². The van der Waals surface area contributed by atoms with Crippen molar-refractivity contribution in [3.63, 3.8) is 0 Å². The normalized spacial score (nSPS) is 12.9. The maximum atomic E-state index is 9.70. The summed E-state index contributed by atoms with van der Waals surface area (Å²) in [5, 5.41) is 16.6. The Kier molecular flexibility index (Phi) is 3.27. The third-order valence-corrected chi connectivity index (χ3v) is 1.88. The number of aliphatic hydroxyl groups is 1. The van der Waals surface area contributed by atoms with Crippen LogP contribution in [0.15, 0.2) is 6.20 Å². The molecule has 5 heteroatoms. The second-order valence-corrected chi connectivity index (χ2v) is 2.80. The molecule has 5 nitrogen and oxygen atoms in total. The lowest BCUT2D eigenvalue weighted by atomic mass is 10.2. The number of nitrogens with zero attached hydrogens (tertiary/aromatic N) is 2. The Labute approximate surface area is 77.3 Å². The highest BCUT2D eigenvalue weighted by Crippen LogP contribution is 2.23. The van der Waals surface area contributed by atoms with Crippen LogP contribution in [0.1, 0.15) is 11.8 Å². The molecule has 0 radical (unpaired) electrons. The van der Waals surface area contributed by atoms with Gasteiger partial charge in [0.05, 0.1) is 13.3 Å². The average Bonchev–Trinajstić information content (AvgIpc) is 2.47. The lowest BCUT2D eigenvalue weighted by molar-refractivity contribution is 0.164. The number of methoxy groups -OCH3 is 1. The number of ether oxygens (including phenoxy) is 1. The van der Waals surface area contributed by atoms with Crippen molar-refractivity contribution in [2.45, 2.75) is 6.10 Å². The lowest BCUT2D eigenvalue weighted by Gasteiger charge is -2.11. The molecule has 1 aromatic rings. The first-order chi connectivity index (χ1) is 6.20. The molecule has 74 valence electrons. The molecule has 1 unspecified atom stereocenters. The van der Waals surface area contributed by atoms with Crippen LogP contribution < -0.4 is 10.1 Å². The zero-order valence-electron chi connectivity index (χ0n) is 8.11. The van der Waals surface area contributed by atoms with Crippen LogP contribution >= 0.6 is 0 Å². The number of likely N-dealkylation sites (N-methyl/N-ethyl adjacent to an activating group) is 1. The van der Waals surface area contributed by atoms with Crippen molar-refractivity contribution in [3.8, 4) is 5.75 Å². The molecule has 0 amide bonds. The van der Waals surface area contributed by atoms with Gasteiger partial charge in [-0.3, -0.25) is 4.68 Å². The van der Waals surface area contributed by atoms with Gasteiger partial charge in [0.15, 0.2) is 5.75 Å². The molecule has 1 rings (SSSR count). The Balaban J connectivity index is 2.89. The van der Waals surface area contributed by atoms with Gasteiger partial charge in [0, 0.05) is 13.6 Å². The van der Waals surface area contributed by atoms with E-state index in [1.165, 1.54) is 0 Å². The molecule has 0 aliphatic carbocycles. The molecule has 0 saturated heterocycles. The summed E-state index contributed by atoms with van der Waals surface area (Å²) in [6.07, 6.45) is 1.00. The topological polar surface area (TPSA) is 59.3 Å². The smallest absolute Gasteiger partial charge is 0.162 e. The summed E-state index contributed by atoms with van der Waals surface area (Å²) in [7, 11) is 5.12. The minimum absolute atomic E-state index is 0.482. The van der Waals surface area contributed by atoms with Crippen LogP contribution in [0.5, 0.6) is 5.75 Å². The van der Waals surface area contributed by atoms with E-state index in [0.717, 1.165) is 0 Å². The van der Waals surface area contributed by atoms with Gasteiger partial charge in [0.1, 0.15) is 11.8 Å². The summed E-state index contributed by atoms with van der Waals surface area (Å²) in [6, 6.07) is 0. The Morgan fingerprint density at radius 1 is 1.77 bits per heavy atom. The Morgan fingerprint density at radius 2 is 2.46 bits per heavy atom. The predicted molar refractivity (Wildman–Crippen MR) is 48.6 cm³/mol. The minimum atomic E-state index is -0.590. The molecule has 0 aliphatic heterocycles. The zero-order valence-corrected chi connectivity index (χ0v) is 8.11. The number of aliphatic hydroxyl groups excluding tert-OH is 1. The molecule has 2 N–H and O–H groups in total. The number of rotatable bonds is 4. The van der Waals surface area contributed by atoms with Gasteiger partial charge in [-0.2, -0.15) is 5.10 Å². The summed E-state index contributed by atoms with van der Waals surface area (Å²) in [5.74, 6) is 0.616. The maximum Gasteiger partial charge on any atom is 0.162 e. The van der Waals surface area contributed by atoms with E-state index in [1.54, 1.807) is 32.1 Å². The molecule has 0 saturated carbocycles. The molecular weight excluding hydrogens is 170 g/mol. The Hall–Kier alpha value is -1.07. The first-order valence-corrected chi connectivity index (χ1v) is 4.09. The van der Waals surface area contributed by atoms with E-state index < -0.39 is 6.10 Å².